The molecule has 1 unspecified atom stereocenters. The second-order valence-electron chi connectivity index (χ2n) is 4.98. The van der Waals surface area contributed by atoms with Crippen molar-refractivity contribution in [3.8, 4) is 0 Å². The number of aliphatic hydroxyl groups is 1. The molecule has 1 aliphatic rings. The quantitative estimate of drug-likeness (QED) is 0.888. The molecule has 0 radical (unpaired) electrons. The van der Waals surface area contributed by atoms with E-state index in [0.29, 0.717) is 23.2 Å². The first-order valence-corrected chi connectivity index (χ1v) is 6.94. The molecule has 104 valence electrons. The lowest BCUT2D eigenvalue weighted by atomic mass is 9.99. The Labute approximate surface area is 118 Å². The number of nitrogens with zero attached hydrogens (tertiary/aromatic N) is 1. The highest BCUT2D eigenvalue weighted by Crippen LogP contribution is 2.17. The maximum absolute atomic E-state index is 11.9. The van der Waals surface area contributed by atoms with Crippen LogP contribution in [0, 0.1) is 5.92 Å². The number of likely N-dealkylation sites (tertiary alicyclic amines) is 1. The van der Waals surface area contributed by atoms with Crippen LogP contribution in [0.2, 0.25) is 5.02 Å². The number of anilines is 1. The van der Waals surface area contributed by atoms with E-state index in [-0.39, 0.29) is 12.5 Å². The summed E-state index contributed by atoms with van der Waals surface area (Å²) in [6.45, 7) is 2.27. The second-order valence-corrected chi connectivity index (χ2v) is 5.42. The van der Waals surface area contributed by atoms with Gasteiger partial charge in [0, 0.05) is 23.9 Å². The molecule has 0 aromatic heterocycles. The van der Waals surface area contributed by atoms with E-state index in [4.69, 9.17) is 16.7 Å². The van der Waals surface area contributed by atoms with Gasteiger partial charge in [0.15, 0.2) is 0 Å². The third-order valence-electron chi connectivity index (χ3n) is 3.34. The van der Waals surface area contributed by atoms with Crippen LogP contribution in [0.15, 0.2) is 24.3 Å². The van der Waals surface area contributed by atoms with Crippen LogP contribution in [0.1, 0.15) is 12.8 Å². The fourth-order valence-corrected chi connectivity index (χ4v) is 2.60. The van der Waals surface area contributed by atoms with Crippen molar-refractivity contribution in [3.63, 3.8) is 0 Å². The highest BCUT2D eigenvalue weighted by Gasteiger charge is 2.20. The molecule has 1 heterocycles. The van der Waals surface area contributed by atoms with Gasteiger partial charge in [-0.3, -0.25) is 9.69 Å². The van der Waals surface area contributed by atoms with Gasteiger partial charge in [0.25, 0.3) is 0 Å². The standard InChI is InChI=1S/C14H19ClN2O2/c15-12-4-1-5-13(7-12)16-14(19)9-17-6-2-3-11(8-17)10-18/h1,4-5,7,11,18H,2-3,6,8-10H2,(H,16,19). The summed E-state index contributed by atoms with van der Waals surface area (Å²) in [7, 11) is 0. The monoisotopic (exact) mass is 282 g/mol. The normalized spacial score (nSPS) is 20.2. The molecule has 1 aromatic carbocycles. The van der Waals surface area contributed by atoms with Gasteiger partial charge in [-0.15, -0.1) is 0 Å². The lowest BCUT2D eigenvalue weighted by molar-refractivity contribution is -0.117. The summed E-state index contributed by atoms with van der Waals surface area (Å²) >= 11 is 5.87. The molecule has 0 spiro atoms. The molecule has 1 aromatic rings. The summed E-state index contributed by atoms with van der Waals surface area (Å²) in [5.41, 5.74) is 0.716. The molecule has 0 saturated carbocycles. The van der Waals surface area contributed by atoms with E-state index >= 15 is 0 Å². The fourth-order valence-electron chi connectivity index (χ4n) is 2.41. The van der Waals surface area contributed by atoms with Gasteiger partial charge in [-0.05, 0) is 43.5 Å². The maximum atomic E-state index is 11.9. The first kappa shape index (κ1) is 14.3. The van der Waals surface area contributed by atoms with Crippen molar-refractivity contribution >= 4 is 23.2 Å². The van der Waals surface area contributed by atoms with Gasteiger partial charge < -0.3 is 10.4 Å². The molecular formula is C14H19ClN2O2. The van der Waals surface area contributed by atoms with Crippen molar-refractivity contribution in [3.05, 3.63) is 29.3 Å². The molecule has 1 atom stereocenters. The van der Waals surface area contributed by atoms with Crippen molar-refractivity contribution in [1.29, 1.82) is 0 Å². The molecule has 5 heteroatoms. The lowest BCUT2D eigenvalue weighted by Gasteiger charge is -2.31. The number of carbonyl (C=O) groups is 1. The number of benzene rings is 1. The SMILES string of the molecule is O=C(CN1CCCC(CO)C1)Nc1cccc(Cl)c1. The summed E-state index contributed by atoms with van der Waals surface area (Å²) in [6.07, 6.45) is 2.08. The Balaban J connectivity index is 1.84. The van der Waals surface area contributed by atoms with Gasteiger partial charge >= 0.3 is 0 Å². The number of aliphatic hydroxyl groups excluding tert-OH is 1. The van der Waals surface area contributed by atoms with Crippen molar-refractivity contribution in [2.75, 3.05) is 31.6 Å². The average Bonchev–Trinajstić information content (AvgIpc) is 2.38. The molecular weight excluding hydrogens is 264 g/mol. The Morgan fingerprint density at radius 2 is 2.37 bits per heavy atom. The highest BCUT2D eigenvalue weighted by atomic mass is 35.5. The Hall–Kier alpha value is -1.10. The van der Waals surface area contributed by atoms with E-state index in [2.05, 4.69) is 10.2 Å². The molecule has 1 saturated heterocycles. The molecule has 0 bridgehead atoms. The largest absolute Gasteiger partial charge is 0.396 e. The number of rotatable bonds is 4. The second kappa shape index (κ2) is 6.89. The van der Waals surface area contributed by atoms with Gasteiger partial charge in [-0.25, -0.2) is 0 Å². The van der Waals surface area contributed by atoms with Gasteiger partial charge in [0.05, 0.1) is 6.54 Å². The van der Waals surface area contributed by atoms with E-state index < -0.39 is 0 Å². The third-order valence-corrected chi connectivity index (χ3v) is 3.57. The summed E-state index contributed by atoms with van der Waals surface area (Å²) in [5, 5.41) is 12.6. The Morgan fingerprint density at radius 3 is 3.11 bits per heavy atom. The average molecular weight is 283 g/mol. The minimum absolute atomic E-state index is 0.0409. The van der Waals surface area contributed by atoms with Crippen molar-refractivity contribution < 1.29 is 9.90 Å². The number of hydrogen-bond acceptors (Lipinski definition) is 3. The molecule has 2 N–H and O–H groups in total. The fraction of sp³-hybridized carbons (Fsp3) is 0.500. The third kappa shape index (κ3) is 4.49. The van der Waals surface area contributed by atoms with Crippen LogP contribution >= 0.6 is 11.6 Å². The topological polar surface area (TPSA) is 52.6 Å². The molecule has 1 aliphatic heterocycles. The summed E-state index contributed by atoms with van der Waals surface area (Å²) < 4.78 is 0. The number of amides is 1. The minimum atomic E-state index is -0.0409. The minimum Gasteiger partial charge on any atom is -0.396 e. The predicted octanol–water partition coefficient (Wildman–Crippen LogP) is 1.98. The molecule has 1 amide bonds. The molecule has 2 rings (SSSR count). The number of carbonyl (C=O) groups excluding carboxylic acids is 1. The smallest absolute Gasteiger partial charge is 0.238 e. The van der Waals surface area contributed by atoms with Crippen LogP contribution in [0.3, 0.4) is 0 Å². The van der Waals surface area contributed by atoms with E-state index in [1.807, 2.05) is 6.07 Å². The molecule has 19 heavy (non-hydrogen) atoms. The highest BCUT2D eigenvalue weighted by molar-refractivity contribution is 6.30. The predicted molar refractivity (Wildman–Crippen MR) is 76.3 cm³/mol. The summed E-state index contributed by atoms with van der Waals surface area (Å²) in [6, 6.07) is 7.12. The van der Waals surface area contributed by atoms with Gasteiger partial charge in [0.2, 0.25) is 5.91 Å². The lowest BCUT2D eigenvalue weighted by Crippen LogP contribution is -2.41. The first-order valence-electron chi connectivity index (χ1n) is 6.56. The van der Waals surface area contributed by atoms with Gasteiger partial charge in [0.1, 0.15) is 0 Å². The summed E-state index contributed by atoms with van der Waals surface area (Å²) in [5.74, 6) is 0.258. The van der Waals surface area contributed by atoms with Crippen LogP contribution in [0.25, 0.3) is 0 Å². The van der Waals surface area contributed by atoms with E-state index in [1.165, 1.54) is 0 Å². The van der Waals surface area contributed by atoms with Gasteiger partial charge in [-0.2, -0.15) is 0 Å². The van der Waals surface area contributed by atoms with Crippen LogP contribution in [0.5, 0.6) is 0 Å². The Morgan fingerprint density at radius 1 is 1.53 bits per heavy atom. The Bertz CT molecular complexity index is 439. The van der Waals surface area contributed by atoms with Gasteiger partial charge in [-0.1, -0.05) is 17.7 Å². The van der Waals surface area contributed by atoms with E-state index in [0.717, 1.165) is 25.9 Å². The number of piperidine rings is 1. The Kier molecular flexibility index (Phi) is 5.19. The summed E-state index contributed by atoms with van der Waals surface area (Å²) in [4.78, 5) is 14.0. The van der Waals surface area contributed by atoms with E-state index in [1.54, 1.807) is 18.2 Å². The number of nitrogens with one attached hydrogen (secondary N) is 1. The molecule has 0 aliphatic carbocycles. The maximum Gasteiger partial charge on any atom is 0.238 e. The zero-order valence-corrected chi connectivity index (χ0v) is 11.6. The van der Waals surface area contributed by atoms with Crippen LogP contribution in [-0.2, 0) is 4.79 Å². The van der Waals surface area contributed by atoms with Crippen LogP contribution in [-0.4, -0.2) is 42.2 Å². The zero-order valence-electron chi connectivity index (χ0n) is 10.8. The van der Waals surface area contributed by atoms with Crippen LogP contribution in [0.4, 0.5) is 5.69 Å². The van der Waals surface area contributed by atoms with Crippen molar-refractivity contribution in [1.82, 2.24) is 4.90 Å². The zero-order chi connectivity index (χ0) is 13.7. The van der Waals surface area contributed by atoms with Crippen molar-refractivity contribution in [2.45, 2.75) is 12.8 Å². The molecule has 1 fully saturated rings. The first-order chi connectivity index (χ1) is 9.17. The van der Waals surface area contributed by atoms with E-state index in [9.17, 15) is 4.79 Å². The number of hydrogen-bond donors (Lipinski definition) is 2. The van der Waals surface area contributed by atoms with Crippen LogP contribution < -0.4 is 5.32 Å². The van der Waals surface area contributed by atoms with Crippen molar-refractivity contribution in [2.24, 2.45) is 5.92 Å². The molecule has 4 nitrogen and oxygen atoms in total. The number of halogens is 1.